The standard InChI is InChI=1S/C23H35N9O.C6H14O/c1-30-7-5-17(6-8-30)31-9-3-15(4-10-31)16-11-20(33-2)19(26-12-16)14-32-21-18(13-27-32)28-23(25)29-22(21)24;1-2-3-4-5-6-7/h12-13,15-17H,3-11,14H2,1-2H3,(H4,24,25,28,29);7H,2-6H2,1H3. The van der Waals surface area contributed by atoms with Crippen LogP contribution < -0.4 is 11.5 Å². The highest BCUT2D eigenvalue weighted by molar-refractivity contribution is 5.85. The Morgan fingerprint density at radius 2 is 1.77 bits per heavy atom. The number of nitrogens with two attached hydrogens (primary N) is 2. The van der Waals surface area contributed by atoms with Crippen LogP contribution in [0.2, 0.25) is 0 Å². The second-order valence-electron chi connectivity index (χ2n) is 11.4. The van der Waals surface area contributed by atoms with Gasteiger partial charge in [-0.25, -0.2) is 4.98 Å². The average Bonchev–Trinajstić information content (AvgIpc) is 3.37. The monoisotopic (exact) mass is 555 g/mol. The zero-order chi connectivity index (χ0) is 28.5. The van der Waals surface area contributed by atoms with Crippen LogP contribution >= 0.6 is 0 Å². The quantitative estimate of drug-likeness (QED) is 0.397. The van der Waals surface area contributed by atoms with Crippen molar-refractivity contribution in [2.45, 2.75) is 77.3 Å². The predicted octanol–water partition coefficient (Wildman–Crippen LogP) is 3.30. The Morgan fingerprint density at radius 3 is 2.45 bits per heavy atom. The summed E-state index contributed by atoms with van der Waals surface area (Å²) in [6.45, 7) is 7.83. The second kappa shape index (κ2) is 14.7. The van der Waals surface area contributed by atoms with Gasteiger partial charge in [-0.1, -0.05) is 26.2 Å². The molecule has 11 nitrogen and oxygen atoms in total. The first kappa shape index (κ1) is 30.2. The molecular weight excluding hydrogens is 506 g/mol. The van der Waals surface area contributed by atoms with E-state index >= 15 is 0 Å². The lowest BCUT2D eigenvalue weighted by molar-refractivity contribution is 0.0771. The number of allylic oxidation sites excluding steroid dienone is 2. The number of aliphatic hydroxyl groups excluding tert-OH is 1. The number of likely N-dealkylation sites (tertiary alicyclic amines) is 2. The van der Waals surface area contributed by atoms with Crippen LogP contribution in [0.1, 0.15) is 64.7 Å². The third-order valence-corrected chi connectivity index (χ3v) is 8.64. The van der Waals surface area contributed by atoms with Gasteiger partial charge in [0.25, 0.3) is 0 Å². The number of ether oxygens (including phenoxy) is 1. The number of aliphatic imine (C=N–C) groups is 1. The summed E-state index contributed by atoms with van der Waals surface area (Å²) >= 11 is 0. The zero-order valence-corrected chi connectivity index (χ0v) is 24.6. The highest BCUT2D eigenvalue weighted by atomic mass is 16.5. The van der Waals surface area contributed by atoms with Gasteiger partial charge in [-0.3, -0.25) is 9.67 Å². The van der Waals surface area contributed by atoms with Gasteiger partial charge in [-0.15, -0.1) is 0 Å². The molecule has 0 spiro atoms. The fourth-order valence-electron chi connectivity index (χ4n) is 6.18. The average molecular weight is 556 g/mol. The molecule has 2 aromatic rings. The van der Waals surface area contributed by atoms with Gasteiger partial charge in [0.2, 0.25) is 5.95 Å². The number of methoxy groups -OCH3 is 1. The molecule has 0 saturated carbocycles. The van der Waals surface area contributed by atoms with Crippen molar-refractivity contribution in [2.24, 2.45) is 16.8 Å². The van der Waals surface area contributed by atoms with Crippen LogP contribution in [0.5, 0.6) is 0 Å². The fraction of sp³-hybridized carbons (Fsp3) is 0.724. The lowest BCUT2D eigenvalue weighted by Crippen LogP contribution is -2.47. The lowest BCUT2D eigenvalue weighted by Gasteiger charge is -2.42. The fourth-order valence-corrected chi connectivity index (χ4v) is 6.18. The molecule has 5 N–H and O–H groups in total. The molecule has 2 fully saturated rings. The van der Waals surface area contributed by atoms with Gasteiger partial charge in [-0.05, 0) is 71.2 Å². The van der Waals surface area contributed by atoms with E-state index in [4.69, 9.17) is 26.3 Å². The SMILES string of the molecule is CCCCCCO.COC1=C(Cn2ncc3nc(N)nc(N)c32)N=CC(C2CCN(C3CCN(C)CC3)CC2)C1. The largest absolute Gasteiger partial charge is 0.499 e. The van der Waals surface area contributed by atoms with Crippen molar-refractivity contribution in [3.8, 4) is 0 Å². The molecule has 0 radical (unpaired) electrons. The molecule has 11 heteroatoms. The van der Waals surface area contributed by atoms with Gasteiger partial charge >= 0.3 is 0 Å². The van der Waals surface area contributed by atoms with Gasteiger partial charge in [0, 0.05) is 31.2 Å². The number of unbranched alkanes of at least 4 members (excludes halogenated alkanes) is 3. The molecule has 1 atom stereocenters. The molecule has 1 unspecified atom stereocenters. The summed E-state index contributed by atoms with van der Waals surface area (Å²) in [5.74, 6) is 2.48. The van der Waals surface area contributed by atoms with Crippen LogP contribution in [0.4, 0.5) is 11.8 Å². The van der Waals surface area contributed by atoms with Gasteiger partial charge in [0.15, 0.2) is 5.82 Å². The number of hydrogen-bond acceptors (Lipinski definition) is 10. The Labute approximate surface area is 238 Å². The summed E-state index contributed by atoms with van der Waals surface area (Å²) in [6.07, 6.45) is 14.4. The molecule has 0 amide bonds. The first-order valence-electron chi connectivity index (χ1n) is 15.0. The number of hydrogen-bond donors (Lipinski definition) is 3. The second-order valence-corrected chi connectivity index (χ2v) is 11.4. The van der Waals surface area contributed by atoms with Gasteiger partial charge < -0.3 is 31.1 Å². The minimum Gasteiger partial charge on any atom is -0.499 e. The molecular formula is C29H49N9O2. The summed E-state index contributed by atoms with van der Waals surface area (Å²) in [4.78, 5) is 18.3. The number of aliphatic hydroxyl groups is 1. The summed E-state index contributed by atoms with van der Waals surface area (Å²) in [5.41, 5.74) is 14.0. The Hall–Kier alpha value is -2.76. The highest BCUT2D eigenvalue weighted by Gasteiger charge is 2.32. The third kappa shape index (κ3) is 7.70. The van der Waals surface area contributed by atoms with Crippen LogP contribution in [-0.4, -0.2) is 93.9 Å². The molecule has 0 aromatic carbocycles. The number of fused-ring (bicyclic) bond motifs is 1. The first-order valence-corrected chi connectivity index (χ1v) is 15.0. The number of nitrogens with zero attached hydrogens (tertiary/aromatic N) is 7. The number of anilines is 2. The number of nitrogen functional groups attached to an aromatic ring is 2. The molecule has 2 saturated heterocycles. The number of piperidine rings is 2. The minimum atomic E-state index is 0.150. The topological polar surface area (TPSA) is 144 Å². The maximum absolute atomic E-state index is 8.29. The first-order chi connectivity index (χ1) is 19.4. The smallest absolute Gasteiger partial charge is 0.222 e. The van der Waals surface area contributed by atoms with Crippen LogP contribution in [0.25, 0.3) is 11.0 Å². The molecule has 222 valence electrons. The molecule has 0 bridgehead atoms. The molecule has 5 heterocycles. The van der Waals surface area contributed by atoms with Crippen molar-refractivity contribution in [3.05, 3.63) is 17.7 Å². The summed E-state index contributed by atoms with van der Waals surface area (Å²) < 4.78 is 7.56. The van der Waals surface area contributed by atoms with Crippen molar-refractivity contribution in [1.29, 1.82) is 0 Å². The normalized spacial score (nSPS) is 21.6. The Balaban J connectivity index is 0.000000470. The minimum absolute atomic E-state index is 0.150. The van der Waals surface area contributed by atoms with Crippen molar-refractivity contribution >= 4 is 29.0 Å². The van der Waals surface area contributed by atoms with E-state index < -0.39 is 0 Å². The molecule has 5 rings (SSSR count). The van der Waals surface area contributed by atoms with Crippen molar-refractivity contribution in [2.75, 3.05) is 58.4 Å². The van der Waals surface area contributed by atoms with Crippen molar-refractivity contribution < 1.29 is 9.84 Å². The Bertz CT molecular complexity index is 1130. The number of aromatic nitrogens is 4. The van der Waals surface area contributed by atoms with E-state index in [2.05, 4.69) is 45.1 Å². The Kier molecular flexibility index (Phi) is 11.1. The number of rotatable bonds is 9. The predicted molar refractivity (Wildman–Crippen MR) is 161 cm³/mol. The van der Waals surface area contributed by atoms with Crippen molar-refractivity contribution in [1.82, 2.24) is 29.5 Å². The summed E-state index contributed by atoms with van der Waals surface area (Å²) in [5, 5.41) is 12.7. The van der Waals surface area contributed by atoms with E-state index in [1.54, 1.807) is 18.0 Å². The van der Waals surface area contributed by atoms with E-state index in [0.29, 0.717) is 41.8 Å². The van der Waals surface area contributed by atoms with E-state index in [1.807, 2.05) is 0 Å². The maximum atomic E-state index is 8.29. The van der Waals surface area contributed by atoms with Crippen LogP contribution in [0, 0.1) is 11.8 Å². The zero-order valence-electron chi connectivity index (χ0n) is 24.6. The van der Waals surface area contributed by atoms with Gasteiger partial charge in [0.05, 0.1) is 25.5 Å². The Morgan fingerprint density at radius 1 is 1.02 bits per heavy atom. The van der Waals surface area contributed by atoms with E-state index in [1.165, 1.54) is 71.1 Å². The molecule has 3 aliphatic heterocycles. The lowest BCUT2D eigenvalue weighted by atomic mass is 9.81. The van der Waals surface area contributed by atoms with Gasteiger partial charge in [-0.2, -0.15) is 10.1 Å². The van der Waals surface area contributed by atoms with E-state index in [9.17, 15) is 0 Å². The maximum Gasteiger partial charge on any atom is 0.222 e. The van der Waals surface area contributed by atoms with Crippen LogP contribution in [0.3, 0.4) is 0 Å². The molecule has 3 aliphatic rings. The molecule has 2 aromatic heterocycles. The molecule has 0 aliphatic carbocycles. The third-order valence-electron chi connectivity index (χ3n) is 8.64. The van der Waals surface area contributed by atoms with E-state index in [-0.39, 0.29) is 5.95 Å². The summed E-state index contributed by atoms with van der Waals surface area (Å²) in [7, 11) is 3.96. The van der Waals surface area contributed by atoms with E-state index in [0.717, 1.165) is 30.3 Å². The van der Waals surface area contributed by atoms with Crippen molar-refractivity contribution in [3.63, 3.8) is 0 Å². The van der Waals surface area contributed by atoms with Crippen LogP contribution in [-0.2, 0) is 11.3 Å². The van der Waals surface area contributed by atoms with Gasteiger partial charge in [0.1, 0.15) is 16.8 Å². The summed E-state index contributed by atoms with van der Waals surface area (Å²) in [6, 6.07) is 0.763. The highest BCUT2D eigenvalue weighted by Crippen LogP contribution is 2.34. The van der Waals surface area contributed by atoms with Crippen LogP contribution in [0.15, 0.2) is 22.6 Å². The molecule has 40 heavy (non-hydrogen) atoms.